The SMILES string of the molecule is NCCC(=O)Nc1nccs1.c1ccc(N2CCCC2)cc1. The van der Waals surface area contributed by atoms with Crippen LogP contribution >= 0.6 is 11.3 Å². The Morgan fingerprint density at radius 2 is 2.00 bits per heavy atom. The monoisotopic (exact) mass is 318 g/mol. The summed E-state index contributed by atoms with van der Waals surface area (Å²) in [5, 5.41) is 5.04. The standard InChI is InChI=1S/C10H13N.C6H9N3OS/c1-2-6-10(7-3-1)11-8-4-5-9-11;7-2-1-5(10)9-6-8-3-4-11-6/h1-3,6-7H,4-5,8-9H2;3-4H,1-2,7H2,(H,8,9,10). The number of hydrogen-bond acceptors (Lipinski definition) is 5. The van der Waals surface area contributed by atoms with Crippen molar-refractivity contribution in [2.24, 2.45) is 5.73 Å². The van der Waals surface area contributed by atoms with Crippen LogP contribution in [0.2, 0.25) is 0 Å². The van der Waals surface area contributed by atoms with Crippen molar-refractivity contribution in [2.45, 2.75) is 19.3 Å². The molecule has 1 aliphatic heterocycles. The number of carbonyl (C=O) groups excluding carboxylic acids is 1. The van der Waals surface area contributed by atoms with Gasteiger partial charge in [0, 0.05) is 43.3 Å². The third kappa shape index (κ3) is 5.46. The largest absolute Gasteiger partial charge is 0.372 e. The average Bonchev–Trinajstić information content (AvgIpc) is 3.22. The Morgan fingerprint density at radius 3 is 2.59 bits per heavy atom. The first kappa shape index (κ1) is 16.5. The number of aromatic nitrogens is 1. The summed E-state index contributed by atoms with van der Waals surface area (Å²) >= 11 is 1.39. The Kier molecular flexibility index (Phi) is 6.86. The second-order valence-corrected chi connectivity index (χ2v) is 5.85. The van der Waals surface area contributed by atoms with Gasteiger partial charge in [0.2, 0.25) is 5.91 Å². The Hall–Kier alpha value is -1.92. The van der Waals surface area contributed by atoms with Crippen LogP contribution in [0.5, 0.6) is 0 Å². The maximum absolute atomic E-state index is 10.9. The topological polar surface area (TPSA) is 71.2 Å². The van der Waals surface area contributed by atoms with Gasteiger partial charge >= 0.3 is 0 Å². The molecule has 1 amide bonds. The number of thiazole rings is 1. The molecule has 2 aromatic rings. The molecule has 3 rings (SSSR count). The molecule has 0 aliphatic carbocycles. The van der Waals surface area contributed by atoms with Crippen molar-refractivity contribution in [3.8, 4) is 0 Å². The van der Waals surface area contributed by atoms with Crippen molar-refractivity contribution in [3.05, 3.63) is 41.9 Å². The molecule has 1 saturated heterocycles. The Morgan fingerprint density at radius 1 is 1.27 bits per heavy atom. The number of carbonyl (C=O) groups is 1. The molecule has 0 unspecified atom stereocenters. The number of nitrogens with two attached hydrogens (primary N) is 1. The van der Waals surface area contributed by atoms with E-state index in [0.717, 1.165) is 0 Å². The highest BCUT2D eigenvalue weighted by atomic mass is 32.1. The zero-order valence-corrected chi connectivity index (χ0v) is 13.4. The molecule has 6 heteroatoms. The highest BCUT2D eigenvalue weighted by Gasteiger charge is 2.10. The molecule has 0 saturated carbocycles. The van der Waals surface area contributed by atoms with E-state index in [2.05, 4.69) is 45.5 Å². The molecule has 1 aromatic heterocycles. The normalized spacial score (nSPS) is 13.4. The summed E-state index contributed by atoms with van der Waals surface area (Å²) in [6.07, 6.45) is 4.70. The molecule has 1 aliphatic rings. The predicted molar refractivity (Wildman–Crippen MR) is 92.3 cm³/mol. The minimum atomic E-state index is -0.0811. The maximum Gasteiger partial charge on any atom is 0.227 e. The van der Waals surface area contributed by atoms with Crippen LogP contribution in [0.15, 0.2) is 41.9 Å². The summed E-state index contributed by atoms with van der Waals surface area (Å²) in [6, 6.07) is 10.7. The van der Waals surface area contributed by atoms with E-state index in [4.69, 9.17) is 5.73 Å². The zero-order chi connectivity index (χ0) is 15.6. The lowest BCUT2D eigenvalue weighted by Gasteiger charge is -2.16. The van der Waals surface area contributed by atoms with E-state index in [1.165, 1.54) is 43.0 Å². The maximum atomic E-state index is 10.9. The number of anilines is 2. The molecule has 5 nitrogen and oxygen atoms in total. The lowest BCUT2D eigenvalue weighted by atomic mass is 10.3. The second kappa shape index (κ2) is 9.17. The lowest BCUT2D eigenvalue weighted by molar-refractivity contribution is -0.116. The first-order chi connectivity index (χ1) is 10.8. The molecule has 3 N–H and O–H groups in total. The zero-order valence-electron chi connectivity index (χ0n) is 12.6. The molecule has 2 heterocycles. The van der Waals surface area contributed by atoms with Gasteiger partial charge in [-0.3, -0.25) is 4.79 Å². The molecule has 0 spiro atoms. The van der Waals surface area contributed by atoms with Crippen molar-refractivity contribution in [1.29, 1.82) is 0 Å². The van der Waals surface area contributed by atoms with Crippen LogP contribution in [0.25, 0.3) is 0 Å². The van der Waals surface area contributed by atoms with Gasteiger partial charge in [0.05, 0.1) is 0 Å². The van der Waals surface area contributed by atoms with Crippen LogP contribution in [0, 0.1) is 0 Å². The molecule has 1 fully saturated rings. The Labute approximate surface area is 135 Å². The average molecular weight is 318 g/mol. The summed E-state index contributed by atoms with van der Waals surface area (Å²) in [4.78, 5) is 17.2. The first-order valence-corrected chi connectivity index (χ1v) is 8.37. The van der Waals surface area contributed by atoms with Crippen LogP contribution in [-0.4, -0.2) is 30.5 Å². The number of nitrogens with zero attached hydrogens (tertiary/aromatic N) is 2. The van der Waals surface area contributed by atoms with Crippen LogP contribution in [0.3, 0.4) is 0 Å². The highest BCUT2D eigenvalue weighted by Crippen LogP contribution is 2.18. The van der Waals surface area contributed by atoms with E-state index in [1.807, 2.05) is 0 Å². The van der Waals surface area contributed by atoms with E-state index in [1.54, 1.807) is 11.6 Å². The van der Waals surface area contributed by atoms with Crippen LogP contribution in [-0.2, 0) is 4.79 Å². The second-order valence-electron chi connectivity index (χ2n) is 4.95. The van der Waals surface area contributed by atoms with E-state index in [0.29, 0.717) is 18.1 Å². The van der Waals surface area contributed by atoms with Crippen molar-refractivity contribution in [1.82, 2.24) is 4.98 Å². The van der Waals surface area contributed by atoms with Crippen molar-refractivity contribution in [3.63, 3.8) is 0 Å². The van der Waals surface area contributed by atoms with Gasteiger partial charge in [-0.1, -0.05) is 18.2 Å². The van der Waals surface area contributed by atoms with Crippen LogP contribution in [0.1, 0.15) is 19.3 Å². The smallest absolute Gasteiger partial charge is 0.227 e. The number of nitrogens with one attached hydrogen (secondary N) is 1. The molecule has 0 atom stereocenters. The third-order valence-electron chi connectivity index (χ3n) is 3.28. The van der Waals surface area contributed by atoms with Gasteiger partial charge in [-0.2, -0.15) is 0 Å². The quantitative estimate of drug-likeness (QED) is 0.909. The van der Waals surface area contributed by atoms with Crippen molar-refractivity contribution >= 4 is 28.1 Å². The molecular formula is C16H22N4OS. The fourth-order valence-electron chi connectivity index (χ4n) is 2.21. The van der Waals surface area contributed by atoms with Gasteiger partial charge in [-0.25, -0.2) is 4.98 Å². The third-order valence-corrected chi connectivity index (χ3v) is 3.97. The van der Waals surface area contributed by atoms with Gasteiger partial charge < -0.3 is 16.0 Å². The Bertz CT molecular complexity index is 539. The molecule has 0 radical (unpaired) electrons. The number of benzene rings is 1. The summed E-state index contributed by atoms with van der Waals surface area (Å²) in [5.41, 5.74) is 6.56. The van der Waals surface area contributed by atoms with Gasteiger partial charge in [0.25, 0.3) is 0 Å². The first-order valence-electron chi connectivity index (χ1n) is 7.49. The van der Waals surface area contributed by atoms with Crippen LogP contribution in [0.4, 0.5) is 10.8 Å². The molecule has 0 bridgehead atoms. The summed E-state index contributed by atoms with van der Waals surface area (Å²) in [6.45, 7) is 2.85. The minimum Gasteiger partial charge on any atom is -0.372 e. The molecular weight excluding hydrogens is 296 g/mol. The van der Waals surface area contributed by atoms with Gasteiger partial charge in [0.1, 0.15) is 0 Å². The van der Waals surface area contributed by atoms with Gasteiger partial charge in [-0.05, 0) is 25.0 Å². The highest BCUT2D eigenvalue weighted by molar-refractivity contribution is 7.13. The summed E-state index contributed by atoms with van der Waals surface area (Å²) in [7, 11) is 0. The van der Waals surface area contributed by atoms with Gasteiger partial charge in [-0.15, -0.1) is 11.3 Å². The van der Waals surface area contributed by atoms with E-state index < -0.39 is 0 Å². The molecule has 1 aromatic carbocycles. The number of hydrogen-bond donors (Lipinski definition) is 2. The van der Waals surface area contributed by atoms with Crippen LogP contribution < -0.4 is 16.0 Å². The van der Waals surface area contributed by atoms with Crippen molar-refractivity contribution < 1.29 is 4.79 Å². The van der Waals surface area contributed by atoms with Gasteiger partial charge in [0.15, 0.2) is 5.13 Å². The van der Waals surface area contributed by atoms with E-state index >= 15 is 0 Å². The van der Waals surface area contributed by atoms with E-state index in [-0.39, 0.29) is 5.91 Å². The molecule has 22 heavy (non-hydrogen) atoms. The number of rotatable bonds is 4. The molecule has 118 valence electrons. The fraction of sp³-hybridized carbons (Fsp3) is 0.375. The lowest BCUT2D eigenvalue weighted by Crippen LogP contribution is -2.16. The Balaban J connectivity index is 0.000000160. The predicted octanol–water partition coefficient (Wildman–Crippen LogP) is 2.72. The number of amides is 1. The summed E-state index contributed by atoms with van der Waals surface area (Å²) < 4.78 is 0. The number of para-hydroxylation sites is 1. The summed E-state index contributed by atoms with van der Waals surface area (Å²) in [5.74, 6) is -0.0811. The fourth-order valence-corrected chi connectivity index (χ4v) is 2.76. The minimum absolute atomic E-state index is 0.0811. The van der Waals surface area contributed by atoms with E-state index in [9.17, 15) is 4.79 Å². The van der Waals surface area contributed by atoms with Crippen molar-refractivity contribution in [2.75, 3.05) is 29.9 Å².